The summed E-state index contributed by atoms with van der Waals surface area (Å²) in [6, 6.07) is 16.6. The monoisotopic (exact) mass is 453 g/mol. The third kappa shape index (κ3) is 5.00. The molecule has 0 bridgehead atoms. The van der Waals surface area contributed by atoms with Crippen LogP contribution < -0.4 is 10.1 Å². The summed E-state index contributed by atoms with van der Waals surface area (Å²) in [6.45, 7) is 4.32. The summed E-state index contributed by atoms with van der Waals surface area (Å²) in [5.41, 5.74) is 2.99. The second-order valence-corrected chi connectivity index (χ2v) is 7.73. The van der Waals surface area contributed by atoms with Crippen molar-refractivity contribution in [3.8, 4) is 5.75 Å². The van der Waals surface area contributed by atoms with Gasteiger partial charge in [0.25, 0.3) is 5.91 Å². The van der Waals surface area contributed by atoms with Crippen molar-refractivity contribution in [1.82, 2.24) is 9.78 Å². The molecule has 4 rings (SSSR count). The summed E-state index contributed by atoms with van der Waals surface area (Å²) in [4.78, 5) is 12.7. The highest BCUT2D eigenvalue weighted by Crippen LogP contribution is 2.23. The van der Waals surface area contributed by atoms with Gasteiger partial charge in [0, 0.05) is 5.02 Å². The van der Waals surface area contributed by atoms with Crippen LogP contribution in [-0.4, -0.2) is 15.7 Å². The SMILES string of the molecule is Cc1nn(Cc2ccc(F)cc2)c(C)c1NC(=O)c1ccc(COc2cccc(Cl)c2)o1. The van der Waals surface area contributed by atoms with Gasteiger partial charge in [-0.15, -0.1) is 0 Å². The number of benzene rings is 2. The molecule has 2 aromatic heterocycles. The lowest BCUT2D eigenvalue weighted by Gasteiger charge is -2.07. The van der Waals surface area contributed by atoms with Crippen molar-refractivity contribution < 1.29 is 18.3 Å². The first-order chi connectivity index (χ1) is 15.4. The molecule has 0 fully saturated rings. The van der Waals surface area contributed by atoms with Gasteiger partial charge in [-0.25, -0.2) is 4.39 Å². The average Bonchev–Trinajstić information content (AvgIpc) is 3.35. The van der Waals surface area contributed by atoms with Crippen molar-refractivity contribution in [2.24, 2.45) is 0 Å². The molecule has 2 heterocycles. The van der Waals surface area contributed by atoms with E-state index in [1.807, 2.05) is 13.8 Å². The van der Waals surface area contributed by atoms with Crippen molar-refractivity contribution in [2.45, 2.75) is 27.0 Å². The van der Waals surface area contributed by atoms with E-state index in [2.05, 4.69) is 10.4 Å². The van der Waals surface area contributed by atoms with Gasteiger partial charge in [0.05, 0.1) is 23.6 Å². The van der Waals surface area contributed by atoms with Gasteiger partial charge in [0.15, 0.2) is 5.76 Å². The Morgan fingerprint density at radius 1 is 1.16 bits per heavy atom. The fourth-order valence-electron chi connectivity index (χ4n) is 3.26. The molecule has 32 heavy (non-hydrogen) atoms. The van der Waals surface area contributed by atoms with E-state index in [1.165, 1.54) is 12.1 Å². The van der Waals surface area contributed by atoms with Crippen LogP contribution in [-0.2, 0) is 13.2 Å². The zero-order chi connectivity index (χ0) is 22.7. The van der Waals surface area contributed by atoms with E-state index in [0.29, 0.717) is 34.5 Å². The van der Waals surface area contributed by atoms with E-state index in [-0.39, 0.29) is 24.1 Å². The average molecular weight is 454 g/mol. The number of carbonyl (C=O) groups is 1. The molecular formula is C24H21ClFN3O3. The van der Waals surface area contributed by atoms with Crippen LogP contribution >= 0.6 is 11.6 Å². The smallest absolute Gasteiger partial charge is 0.291 e. The summed E-state index contributed by atoms with van der Waals surface area (Å²) in [5, 5.41) is 7.94. The summed E-state index contributed by atoms with van der Waals surface area (Å²) in [7, 11) is 0. The van der Waals surface area contributed by atoms with Crippen LogP contribution in [0.5, 0.6) is 5.75 Å². The molecule has 0 aliphatic carbocycles. The zero-order valence-corrected chi connectivity index (χ0v) is 18.3. The molecule has 0 saturated carbocycles. The number of anilines is 1. The maximum absolute atomic E-state index is 13.1. The summed E-state index contributed by atoms with van der Waals surface area (Å²) < 4.78 is 26.2. The summed E-state index contributed by atoms with van der Waals surface area (Å²) in [5.74, 6) is 0.618. The van der Waals surface area contributed by atoms with Crippen molar-refractivity contribution in [3.05, 3.63) is 100.0 Å². The van der Waals surface area contributed by atoms with E-state index in [0.717, 1.165) is 11.3 Å². The third-order valence-corrected chi connectivity index (χ3v) is 5.16. The molecule has 0 unspecified atom stereocenters. The minimum absolute atomic E-state index is 0.166. The summed E-state index contributed by atoms with van der Waals surface area (Å²) >= 11 is 5.95. The van der Waals surface area contributed by atoms with E-state index < -0.39 is 0 Å². The number of amides is 1. The van der Waals surface area contributed by atoms with Gasteiger partial charge >= 0.3 is 0 Å². The molecule has 8 heteroatoms. The van der Waals surface area contributed by atoms with Crippen LogP contribution in [0.1, 0.15) is 33.3 Å². The topological polar surface area (TPSA) is 69.3 Å². The Bertz CT molecular complexity index is 1250. The van der Waals surface area contributed by atoms with Gasteiger partial charge in [0.2, 0.25) is 0 Å². The van der Waals surface area contributed by atoms with Gasteiger partial charge in [-0.1, -0.05) is 29.8 Å². The lowest BCUT2D eigenvalue weighted by atomic mass is 10.2. The fraction of sp³-hybridized carbons (Fsp3) is 0.167. The zero-order valence-electron chi connectivity index (χ0n) is 17.6. The van der Waals surface area contributed by atoms with Crippen LogP contribution in [0.4, 0.5) is 10.1 Å². The minimum Gasteiger partial charge on any atom is -0.486 e. The third-order valence-electron chi connectivity index (χ3n) is 4.93. The number of halogens is 2. The molecule has 164 valence electrons. The van der Waals surface area contributed by atoms with Gasteiger partial charge in [-0.3, -0.25) is 9.48 Å². The first-order valence-corrected chi connectivity index (χ1v) is 10.3. The number of furan rings is 1. The van der Waals surface area contributed by atoms with Crippen LogP contribution in [0, 0.1) is 19.7 Å². The molecule has 0 atom stereocenters. The summed E-state index contributed by atoms with van der Waals surface area (Å²) in [6.07, 6.45) is 0. The number of carbonyl (C=O) groups excluding carboxylic acids is 1. The van der Waals surface area contributed by atoms with Gasteiger partial charge in [-0.05, 0) is 61.9 Å². The Hall–Kier alpha value is -3.58. The Kier molecular flexibility index (Phi) is 6.28. The molecule has 4 aromatic rings. The van der Waals surface area contributed by atoms with Crippen LogP contribution in [0.15, 0.2) is 65.1 Å². The first-order valence-electron chi connectivity index (χ1n) is 9.96. The number of rotatable bonds is 7. The lowest BCUT2D eigenvalue weighted by molar-refractivity contribution is 0.0992. The number of ether oxygens (including phenoxy) is 1. The molecular weight excluding hydrogens is 433 g/mol. The number of hydrogen-bond donors (Lipinski definition) is 1. The highest BCUT2D eigenvalue weighted by Gasteiger charge is 2.18. The molecule has 0 saturated heterocycles. The Balaban J connectivity index is 1.41. The highest BCUT2D eigenvalue weighted by atomic mass is 35.5. The molecule has 0 radical (unpaired) electrons. The van der Waals surface area contributed by atoms with Crippen molar-refractivity contribution in [1.29, 1.82) is 0 Å². The van der Waals surface area contributed by atoms with Crippen molar-refractivity contribution >= 4 is 23.2 Å². The van der Waals surface area contributed by atoms with Gasteiger partial charge in [-0.2, -0.15) is 5.10 Å². The molecule has 1 amide bonds. The number of nitrogens with one attached hydrogen (secondary N) is 1. The maximum Gasteiger partial charge on any atom is 0.291 e. The number of nitrogens with zero attached hydrogens (tertiary/aromatic N) is 2. The lowest BCUT2D eigenvalue weighted by Crippen LogP contribution is -2.12. The Morgan fingerprint density at radius 3 is 2.69 bits per heavy atom. The minimum atomic E-state index is -0.383. The van der Waals surface area contributed by atoms with E-state index in [9.17, 15) is 9.18 Å². The second kappa shape index (κ2) is 9.28. The number of hydrogen-bond acceptors (Lipinski definition) is 4. The van der Waals surface area contributed by atoms with Crippen molar-refractivity contribution in [2.75, 3.05) is 5.32 Å². The van der Waals surface area contributed by atoms with E-state index in [4.69, 9.17) is 20.8 Å². The van der Waals surface area contributed by atoms with Gasteiger partial charge in [0.1, 0.15) is 23.9 Å². The normalized spacial score (nSPS) is 10.9. The molecule has 6 nitrogen and oxygen atoms in total. The Morgan fingerprint density at radius 2 is 1.94 bits per heavy atom. The van der Waals surface area contributed by atoms with Gasteiger partial charge < -0.3 is 14.5 Å². The molecule has 0 spiro atoms. The largest absolute Gasteiger partial charge is 0.486 e. The second-order valence-electron chi connectivity index (χ2n) is 7.30. The van der Waals surface area contributed by atoms with Crippen molar-refractivity contribution in [3.63, 3.8) is 0 Å². The van der Waals surface area contributed by atoms with Crippen LogP contribution in [0.3, 0.4) is 0 Å². The number of aromatic nitrogens is 2. The van der Waals surface area contributed by atoms with Crippen LogP contribution in [0.25, 0.3) is 0 Å². The quantitative estimate of drug-likeness (QED) is 0.386. The van der Waals surface area contributed by atoms with E-state index >= 15 is 0 Å². The molecule has 0 aliphatic heterocycles. The first kappa shape index (κ1) is 21.6. The Labute approximate surface area is 189 Å². The van der Waals surface area contributed by atoms with E-state index in [1.54, 1.807) is 53.2 Å². The molecule has 1 N–H and O–H groups in total. The molecule has 2 aromatic carbocycles. The predicted octanol–water partition coefficient (Wildman–Crippen LogP) is 5.77. The number of aryl methyl sites for hydroxylation is 1. The highest BCUT2D eigenvalue weighted by molar-refractivity contribution is 6.30. The maximum atomic E-state index is 13.1. The fourth-order valence-corrected chi connectivity index (χ4v) is 3.44. The molecule has 0 aliphatic rings. The van der Waals surface area contributed by atoms with Crippen LogP contribution in [0.2, 0.25) is 5.02 Å². The standard InChI is InChI=1S/C24H21ClFN3O3/c1-15-23(16(2)29(28-15)13-17-6-8-19(26)9-7-17)27-24(30)22-11-10-21(32-22)14-31-20-5-3-4-18(25)12-20/h3-12H,13-14H2,1-2H3,(H,27,30). The predicted molar refractivity (Wildman–Crippen MR) is 120 cm³/mol.